The summed E-state index contributed by atoms with van der Waals surface area (Å²) in [5.41, 5.74) is 0.884. The maximum Gasteiger partial charge on any atom is 0.171 e. The Morgan fingerprint density at radius 1 is 1.24 bits per heavy atom. The number of nitrogens with one attached hydrogen (secondary N) is 2. The fourth-order valence-electron chi connectivity index (χ4n) is 2.66. The minimum absolute atomic E-state index is 0.000374. The van der Waals surface area contributed by atoms with Crippen molar-refractivity contribution in [1.82, 2.24) is 5.32 Å². The van der Waals surface area contributed by atoms with Crippen LogP contribution < -0.4 is 10.6 Å². The molecule has 0 amide bonds. The van der Waals surface area contributed by atoms with E-state index in [4.69, 9.17) is 38.0 Å². The summed E-state index contributed by atoms with van der Waals surface area (Å²) < 4.78 is 16.8. The van der Waals surface area contributed by atoms with E-state index >= 15 is 0 Å². The molecular formula is C14H17ClN2O3S. The van der Waals surface area contributed by atoms with Gasteiger partial charge in [0.15, 0.2) is 5.11 Å². The molecule has 1 aromatic carbocycles. The van der Waals surface area contributed by atoms with E-state index in [2.05, 4.69) is 10.6 Å². The third-order valence-corrected chi connectivity index (χ3v) is 4.20. The zero-order valence-electron chi connectivity index (χ0n) is 11.5. The van der Waals surface area contributed by atoms with Gasteiger partial charge in [0.05, 0.1) is 19.3 Å². The molecule has 0 bridgehead atoms. The molecule has 0 aliphatic carbocycles. The minimum Gasteiger partial charge on any atom is -0.376 e. The molecule has 5 nitrogen and oxygen atoms in total. The molecule has 2 heterocycles. The van der Waals surface area contributed by atoms with Gasteiger partial charge in [-0.2, -0.15) is 0 Å². The Labute approximate surface area is 133 Å². The monoisotopic (exact) mass is 328 g/mol. The molecule has 0 spiro atoms. The van der Waals surface area contributed by atoms with Gasteiger partial charge in [0.1, 0.15) is 18.3 Å². The predicted molar refractivity (Wildman–Crippen MR) is 84.9 cm³/mol. The molecule has 0 saturated carbocycles. The van der Waals surface area contributed by atoms with Crippen molar-refractivity contribution in [3.05, 3.63) is 29.3 Å². The van der Waals surface area contributed by atoms with Gasteiger partial charge in [-0.1, -0.05) is 11.6 Å². The summed E-state index contributed by atoms with van der Waals surface area (Å²) in [6, 6.07) is 7.39. The minimum atomic E-state index is -0.0279. The smallest absolute Gasteiger partial charge is 0.171 e. The zero-order valence-corrected chi connectivity index (χ0v) is 13.1. The molecule has 4 unspecified atom stereocenters. The van der Waals surface area contributed by atoms with Gasteiger partial charge in [0.2, 0.25) is 0 Å². The molecule has 2 N–H and O–H groups in total. The normalized spacial score (nSPS) is 31.0. The molecule has 2 saturated heterocycles. The Hall–Kier alpha value is -0.920. The van der Waals surface area contributed by atoms with E-state index in [0.29, 0.717) is 23.3 Å². The molecule has 0 aromatic heterocycles. The van der Waals surface area contributed by atoms with Crippen LogP contribution in [0.1, 0.15) is 0 Å². The van der Waals surface area contributed by atoms with Gasteiger partial charge in [-0.15, -0.1) is 0 Å². The summed E-state index contributed by atoms with van der Waals surface area (Å²) >= 11 is 11.2. The largest absolute Gasteiger partial charge is 0.376 e. The predicted octanol–water partition coefficient (Wildman–Crippen LogP) is 1.81. The maximum absolute atomic E-state index is 5.85. The van der Waals surface area contributed by atoms with Crippen molar-refractivity contribution in [2.75, 3.05) is 25.6 Å². The number of benzene rings is 1. The van der Waals surface area contributed by atoms with Crippen LogP contribution in [0.5, 0.6) is 0 Å². The van der Waals surface area contributed by atoms with Crippen LogP contribution in [0.3, 0.4) is 0 Å². The second kappa shape index (κ2) is 6.46. The first-order chi connectivity index (χ1) is 10.2. The first-order valence-electron chi connectivity index (χ1n) is 6.76. The van der Waals surface area contributed by atoms with E-state index in [-0.39, 0.29) is 24.4 Å². The third kappa shape index (κ3) is 3.30. The highest BCUT2D eigenvalue weighted by atomic mass is 35.5. The second-order valence-corrected chi connectivity index (χ2v) is 5.93. The highest BCUT2D eigenvalue weighted by Crippen LogP contribution is 2.28. The first kappa shape index (κ1) is 15.0. The maximum atomic E-state index is 5.85. The Kier molecular flexibility index (Phi) is 4.61. The molecule has 2 fully saturated rings. The Morgan fingerprint density at radius 2 is 1.95 bits per heavy atom. The van der Waals surface area contributed by atoms with Crippen LogP contribution in [0.4, 0.5) is 5.69 Å². The Balaban J connectivity index is 1.55. The number of halogens is 1. The van der Waals surface area contributed by atoms with Crippen molar-refractivity contribution in [2.24, 2.45) is 0 Å². The molecule has 114 valence electrons. The number of anilines is 1. The van der Waals surface area contributed by atoms with Crippen molar-refractivity contribution >= 4 is 34.6 Å². The molecule has 0 radical (unpaired) electrons. The molecule has 21 heavy (non-hydrogen) atoms. The summed E-state index contributed by atoms with van der Waals surface area (Å²) in [5.74, 6) is 0. The summed E-state index contributed by atoms with van der Waals surface area (Å²) in [6.45, 7) is 1.11. The molecule has 7 heteroatoms. The number of ether oxygens (including phenoxy) is 3. The molecule has 2 aliphatic heterocycles. The van der Waals surface area contributed by atoms with E-state index in [1.165, 1.54) is 0 Å². The standard InChI is InChI=1S/C14H17ClN2O3S/c1-18-11-7-20-12-10(6-19-13(11)12)17-14(21)16-9-4-2-8(15)3-5-9/h2-5,10-13H,6-7H2,1H3,(H2,16,17,21). The average molecular weight is 329 g/mol. The number of methoxy groups -OCH3 is 1. The van der Waals surface area contributed by atoms with Gasteiger partial charge in [0, 0.05) is 17.8 Å². The van der Waals surface area contributed by atoms with Gasteiger partial charge in [-0.05, 0) is 36.5 Å². The Morgan fingerprint density at radius 3 is 2.67 bits per heavy atom. The molecular weight excluding hydrogens is 312 g/mol. The lowest BCUT2D eigenvalue weighted by molar-refractivity contribution is -0.00798. The van der Waals surface area contributed by atoms with Crippen LogP contribution in [0, 0.1) is 0 Å². The van der Waals surface area contributed by atoms with Crippen LogP contribution in [-0.4, -0.2) is 49.8 Å². The molecule has 3 rings (SSSR count). The number of rotatable bonds is 3. The van der Waals surface area contributed by atoms with E-state index in [0.717, 1.165) is 5.69 Å². The lowest BCUT2D eigenvalue weighted by Gasteiger charge is -2.19. The number of fused-ring (bicyclic) bond motifs is 1. The van der Waals surface area contributed by atoms with Crippen molar-refractivity contribution in [3.63, 3.8) is 0 Å². The Bertz CT molecular complexity index is 513. The highest BCUT2D eigenvalue weighted by molar-refractivity contribution is 7.80. The highest BCUT2D eigenvalue weighted by Gasteiger charge is 2.48. The lowest BCUT2D eigenvalue weighted by atomic mass is 10.1. The lowest BCUT2D eigenvalue weighted by Crippen LogP contribution is -2.45. The molecule has 1 aromatic rings. The number of thiocarbonyl (C=S) groups is 1. The summed E-state index contributed by atoms with van der Waals surface area (Å²) in [7, 11) is 1.67. The second-order valence-electron chi connectivity index (χ2n) is 5.08. The van der Waals surface area contributed by atoms with Crippen molar-refractivity contribution < 1.29 is 14.2 Å². The zero-order chi connectivity index (χ0) is 14.8. The van der Waals surface area contributed by atoms with Crippen molar-refractivity contribution in [3.8, 4) is 0 Å². The number of hydrogen-bond donors (Lipinski definition) is 2. The quantitative estimate of drug-likeness (QED) is 0.825. The first-order valence-corrected chi connectivity index (χ1v) is 7.55. The van der Waals surface area contributed by atoms with Crippen LogP contribution in [-0.2, 0) is 14.2 Å². The fraction of sp³-hybridized carbons (Fsp3) is 0.500. The van der Waals surface area contributed by atoms with Gasteiger partial charge >= 0.3 is 0 Å². The van der Waals surface area contributed by atoms with E-state index in [9.17, 15) is 0 Å². The van der Waals surface area contributed by atoms with E-state index in [1.807, 2.05) is 24.3 Å². The van der Waals surface area contributed by atoms with Crippen LogP contribution >= 0.6 is 23.8 Å². The van der Waals surface area contributed by atoms with E-state index in [1.54, 1.807) is 7.11 Å². The van der Waals surface area contributed by atoms with Crippen LogP contribution in [0.25, 0.3) is 0 Å². The summed E-state index contributed by atoms with van der Waals surface area (Å²) in [4.78, 5) is 0. The molecule has 2 aliphatic rings. The van der Waals surface area contributed by atoms with E-state index < -0.39 is 0 Å². The number of hydrogen-bond acceptors (Lipinski definition) is 4. The third-order valence-electron chi connectivity index (χ3n) is 3.73. The van der Waals surface area contributed by atoms with Crippen LogP contribution in [0.2, 0.25) is 5.02 Å². The van der Waals surface area contributed by atoms with Gasteiger partial charge < -0.3 is 24.8 Å². The SMILES string of the molecule is COC1COC2C(NC(=S)Nc3ccc(Cl)cc3)COC12. The topological polar surface area (TPSA) is 51.8 Å². The molecule has 4 atom stereocenters. The van der Waals surface area contributed by atoms with Crippen LogP contribution in [0.15, 0.2) is 24.3 Å². The van der Waals surface area contributed by atoms with Crippen molar-refractivity contribution in [2.45, 2.75) is 24.4 Å². The van der Waals surface area contributed by atoms with Gasteiger partial charge in [0.25, 0.3) is 0 Å². The summed E-state index contributed by atoms with van der Waals surface area (Å²) in [5, 5.41) is 7.59. The van der Waals surface area contributed by atoms with Gasteiger partial charge in [-0.3, -0.25) is 0 Å². The van der Waals surface area contributed by atoms with Gasteiger partial charge in [-0.25, -0.2) is 0 Å². The average Bonchev–Trinajstić information content (AvgIpc) is 3.04. The van der Waals surface area contributed by atoms with Crippen molar-refractivity contribution in [1.29, 1.82) is 0 Å². The summed E-state index contributed by atoms with van der Waals surface area (Å²) in [6.07, 6.45) is -0.0506. The fourth-order valence-corrected chi connectivity index (χ4v) is 3.05.